The number of hydrogen-bond acceptors (Lipinski definition) is 4. The van der Waals surface area contributed by atoms with Crippen molar-refractivity contribution in [2.24, 2.45) is 11.8 Å². The second kappa shape index (κ2) is 11.0. The van der Waals surface area contributed by atoms with E-state index in [1.807, 2.05) is 6.07 Å². The first kappa shape index (κ1) is 21.3. The van der Waals surface area contributed by atoms with E-state index < -0.39 is 11.9 Å². The van der Waals surface area contributed by atoms with Crippen LogP contribution < -0.4 is 10.6 Å². The molecule has 1 atom stereocenters. The number of benzene rings is 1. The van der Waals surface area contributed by atoms with Crippen LogP contribution >= 0.6 is 11.8 Å². The third-order valence-corrected chi connectivity index (χ3v) is 5.87. The summed E-state index contributed by atoms with van der Waals surface area (Å²) in [6.07, 6.45) is 6.16. The van der Waals surface area contributed by atoms with Gasteiger partial charge in [-0.3, -0.25) is 14.4 Å². The van der Waals surface area contributed by atoms with Gasteiger partial charge in [0, 0.05) is 18.0 Å². The summed E-state index contributed by atoms with van der Waals surface area (Å²) < 4.78 is 0. The van der Waals surface area contributed by atoms with E-state index in [0.717, 1.165) is 6.54 Å². The lowest BCUT2D eigenvalue weighted by molar-refractivity contribution is -0.140. The van der Waals surface area contributed by atoms with Gasteiger partial charge in [0.25, 0.3) is 5.91 Å². The van der Waals surface area contributed by atoms with Crippen molar-refractivity contribution in [1.29, 1.82) is 0 Å². The van der Waals surface area contributed by atoms with Gasteiger partial charge in [0.05, 0.1) is 17.2 Å². The molecule has 1 saturated carbocycles. The molecular formula is C20H28N2O4S. The number of hydrogen-bond donors (Lipinski definition) is 3. The average molecular weight is 393 g/mol. The van der Waals surface area contributed by atoms with E-state index >= 15 is 0 Å². The number of aliphatic carboxylic acids is 1. The molecule has 3 N–H and O–H groups in total. The van der Waals surface area contributed by atoms with E-state index in [2.05, 4.69) is 10.6 Å². The van der Waals surface area contributed by atoms with E-state index in [-0.39, 0.29) is 24.1 Å². The number of carbonyl (C=O) groups excluding carboxylic acids is 2. The van der Waals surface area contributed by atoms with Crippen LogP contribution in [0.3, 0.4) is 0 Å². The van der Waals surface area contributed by atoms with E-state index in [4.69, 9.17) is 5.11 Å². The summed E-state index contributed by atoms with van der Waals surface area (Å²) >= 11 is 1.32. The number of carboxylic acids is 1. The number of amides is 2. The predicted molar refractivity (Wildman–Crippen MR) is 106 cm³/mol. The van der Waals surface area contributed by atoms with Crippen LogP contribution in [0.4, 0.5) is 0 Å². The summed E-state index contributed by atoms with van der Waals surface area (Å²) in [7, 11) is 0. The van der Waals surface area contributed by atoms with Gasteiger partial charge in [-0.15, -0.1) is 11.8 Å². The van der Waals surface area contributed by atoms with Gasteiger partial charge < -0.3 is 15.7 Å². The fourth-order valence-corrected chi connectivity index (χ4v) is 3.93. The molecule has 0 saturated heterocycles. The van der Waals surface area contributed by atoms with E-state index in [0.29, 0.717) is 16.4 Å². The van der Waals surface area contributed by atoms with Crippen molar-refractivity contribution in [1.82, 2.24) is 10.6 Å². The minimum atomic E-state index is -0.951. The molecule has 1 aromatic carbocycles. The Kier molecular flexibility index (Phi) is 8.64. The zero-order valence-corrected chi connectivity index (χ0v) is 16.5. The van der Waals surface area contributed by atoms with Crippen molar-refractivity contribution in [3.05, 3.63) is 29.8 Å². The Morgan fingerprint density at radius 1 is 1.15 bits per heavy atom. The number of carboxylic acid groups (broad SMARTS) is 1. The second-order valence-electron chi connectivity index (χ2n) is 7.04. The number of rotatable bonds is 9. The fraction of sp³-hybridized carbons (Fsp3) is 0.550. The lowest BCUT2D eigenvalue weighted by Crippen LogP contribution is -2.32. The summed E-state index contributed by atoms with van der Waals surface area (Å²) in [5.74, 6) is -1.12. The largest absolute Gasteiger partial charge is 0.481 e. The standard InChI is InChI=1S/C20H28N2O4S/c1-14(20(25)26)11-22-19(24)16-9-5-6-10-17(16)27-13-18(23)21-12-15-7-3-2-4-8-15/h5-6,9-10,14-15H,2-4,7-8,11-13H2,1H3,(H,21,23)(H,22,24)(H,25,26). The molecule has 1 aliphatic carbocycles. The van der Waals surface area contributed by atoms with E-state index in [1.54, 1.807) is 25.1 Å². The maximum atomic E-state index is 12.4. The molecule has 7 heteroatoms. The molecule has 0 aromatic heterocycles. The van der Waals surface area contributed by atoms with E-state index in [9.17, 15) is 14.4 Å². The van der Waals surface area contributed by atoms with Crippen LogP contribution in [-0.2, 0) is 9.59 Å². The zero-order chi connectivity index (χ0) is 19.6. The van der Waals surface area contributed by atoms with E-state index in [1.165, 1.54) is 43.9 Å². The van der Waals surface area contributed by atoms with Crippen LogP contribution in [0.5, 0.6) is 0 Å². The highest BCUT2D eigenvalue weighted by molar-refractivity contribution is 8.00. The lowest BCUT2D eigenvalue weighted by Gasteiger charge is -2.21. The highest BCUT2D eigenvalue weighted by Crippen LogP contribution is 2.24. The summed E-state index contributed by atoms with van der Waals surface area (Å²) in [5, 5.41) is 14.6. The molecule has 0 heterocycles. The summed E-state index contributed by atoms with van der Waals surface area (Å²) in [6, 6.07) is 7.05. The highest BCUT2D eigenvalue weighted by Gasteiger charge is 2.17. The van der Waals surface area contributed by atoms with Crippen molar-refractivity contribution < 1.29 is 19.5 Å². The van der Waals surface area contributed by atoms with Crippen molar-refractivity contribution in [3.8, 4) is 0 Å². The Morgan fingerprint density at radius 3 is 2.56 bits per heavy atom. The molecule has 1 aromatic rings. The molecule has 2 rings (SSSR count). The Bertz CT molecular complexity index is 659. The maximum absolute atomic E-state index is 12.4. The zero-order valence-electron chi connectivity index (χ0n) is 15.7. The molecule has 0 bridgehead atoms. The molecule has 1 fully saturated rings. The molecule has 27 heavy (non-hydrogen) atoms. The molecule has 0 aliphatic heterocycles. The first-order valence-electron chi connectivity index (χ1n) is 9.47. The Labute approximate surface area is 164 Å². The Hall–Kier alpha value is -2.02. The molecular weight excluding hydrogens is 364 g/mol. The van der Waals surface area contributed by atoms with Crippen molar-refractivity contribution in [2.45, 2.75) is 43.9 Å². The predicted octanol–water partition coefficient (Wildman–Crippen LogP) is 2.93. The van der Waals surface area contributed by atoms with Crippen LogP contribution in [-0.4, -0.2) is 41.7 Å². The van der Waals surface area contributed by atoms with Gasteiger partial charge in [0.2, 0.25) is 5.91 Å². The van der Waals surface area contributed by atoms with Gasteiger partial charge in [0.1, 0.15) is 0 Å². The molecule has 6 nitrogen and oxygen atoms in total. The van der Waals surface area contributed by atoms with Gasteiger partial charge in [-0.25, -0.2) is 0 Å². The maximum Gasteiger partial charge on any atom is 0.308 e. The summed E-state index contributed by atoms with van der Waals surface area (Å²) in [6.45, 7) is 2.34. The minimum absolute atomic E-state index is 0.0275. The van der Waals surface area contributed by atoms with Crippen LogP contribution in [0.15, 0.2) is 29.2 Å². The van der Waals surface area contributed by atoms with Crippen LogP contribution in [0, 0.1) is 11.8 Å². The molecule has 2 amide bonds. The second-order valence-corrected chi connectivity index (χ2v) is 8.06. The van der Waals surface area contributed by atoms with Crippen LogP contribution in [0.1, 0.15) is 49.4 Å². The molecule has 1 aliphatic rings. The Morgan fingerprint density at radius 2 is 1.85 bits per heavy atom. The van der Waals surface area contributed by atoms with Gasteiger partial charge in [-0.05, 0) is 30.9 Å². The number of carbonyl (C=O) groups is 3. The minimum Gasteiger partial charge on any atom is -0.481 e. The number of nitrogens with one attached hydrogen (secondary N) is 2. The first-order chi connectivity index (χ1) is 13.0. The topological polar surface area (TPSA) is 95.5 Å². The van der Waals surface area contributed by atoms with Crippen molar-refractivity contribution in [3.63, 3.8) is 0 Å². The van der Waals surface area contributed by atoms with Gasteiger partial charge in [-0.2, -0.15) is 0 Å². The monoisotopic (exact) mass is 392 g/mol. The normalized spacial score (nSPS) is 15.7. The summed E-state index contributed by atoms with van der Waals surface area (Å²) in [5.41, 5.74) is 0.458. The lowest BCUT2D eigenvalue weighted by atomic mass is 9.89. The average Bonchev–Trinajstić information content (AvgIpc) is 2.69. The SMILES string of the molecule is CC(CNC(=O)c1ccccc1SCC(=O)NCC1CCCCC1)C(=O)O. The van der Waals surface area contributed by atoms with Gasteiger partial charge >= 0.3 is 5.97 Å². The third-order valence-electron chi connectivity index (χ3n) is 4.79. The van der Waals surface area contributed by atoms with Crippen LogP contribution in [0.25, 0.3) is 0 Å². The Balaban J connectivity index is 1.82. The molecule has 0 radical (unpaired) electrons. The van der Waals surface area contributed by atoms with Crippen molar-refractivity contribution in [2.75, 3.05) is 18.8 Å². The number of thioether (sulfide) groups is 1. The quantitative estimate of drug-likeness (QED) is 0.562. The summed E-state index contributed by atoms with van der Waals surface area (Å²) in [4.78, 5) is 36.1. The molecule has 148 valence electrons. The van der Waals surface area contributed by atoms with Crippen molar-refractivity contribution >= 4 is 29.5 Å². The fourth-order valence-electron chi connectivity index (χ4n) is 3.05. The first-order valence-corrected chi connectivity index (χ1v) is 10.5. The molecule has 1 unspecified atom stereocenters. The van der Waals surface area contributed by atoms with Crippen LogP contribution in [0.2, 0.25) is 0 Å². The van der Waals surface area contributed by atoms with Gasteiger partial charge in [-0.1, -0.05) is 38.3 Å². The third kappa shape index (κ3) is 7.25. The smallest absolute Gasteiger partial charge is 0.308 e. The van der Waals surface area contributed by atoms with Gasteiger partial charge in [0.15, 0.2) is 0 Å². The highest BCUT2D eigenvalue weighted by atomic mass is 32.2. The molecule has 0 spiro atoms.